The van der Waals surface area contributed by atoms with E-state index >= 15 is 0 Å². The van der Waals surface area contributed by atoms with Crippen molar-refractivity contribution in [1.29, 1.82) is 0 Å². The molecular formula is C14H27NO2S. The van der Waals surface area contributed by atoms with Gasteiger partial charge in [-0.15, -0.1) is 0 Å². The number of nitrogens with one attached hydrogen (secondary N) is 1. The van der Waals surface area contributed by atoms with E-state index < -0.39 is 0 Å². The molecule has 2 aliphatic heterocycles. The summed E-state index contributed by atoms with van der Waals surface area (Å²) < 4.78 is 11.5. The smallest absolute Gasteiger partial charge is 0.0783 e. The first-order chi connectivity index (χ1) is 8.69. The Labute approximate surface area is 115 Å². The molecule has 0 amide bonds. The standard InChI is InChI=1S/C14H27NO2S/c1-11(16-3)8-13(15-2)12-4-6-17-14(9-12)5-7-18-10-14/h11-13,15H,4-10H2,1-3H3. The third-order valence-electron chi connectivity index (χ3n) is 4.53. The molecule has 2 aliphatic rings. The lowest BCUT2D eigenvalue weighted by molar-refractivity contribution is -0.0870. The third kappa shape index (κ3) is 3.41. The first-order valence-electron chi connectivity index (χ1n) is 7.11. The van der Waals surface area contributed by atoms with Gasteiger partial charge in [0, 0.05) is 25.5 Å². The molecule has 0 bridgehead atoms. The summed E-state index contributed by atoms with van der Waals surface area (Å²) in [7, 11) is 3.88. The van der Waals surface area contributed by atoms with Gasteiger partial charge in [-0.05, 0) is 51.3 Å². The molecule has 18 heavy (non-hydrogen) atoms. The molecule has 2 saturated heterocycles. The van der Waals surface area contributed by atoms with Crippen LogP contribution in [0.2, 0.25) is 0 Å². The normalized spacial score (nSPS) is 35.8. The van der Waals surface area contributed by atoms with Crippen LogP contribution in [0.25, 0.3) is 0 Å². The van der Waals surface area contributed by atoms with Gasteiger partial charge in [0.25, 0.3) is 0 Å². The van der Waals surface area contributed by atoms with Gasteiger partial charge in [0.15, 0.2) is 0 Å². The van der Waals surface area contributed by atoms with Crippen molar-refractivity contribution in [2.24, 2.45) is 5.92 Å². The van der Waals surface area contributed by atoms with E-state index in [1.54, 1.807) is 7.11 Å². The Morgan fingerprint density at radius 2 is 2.39 bits per heavy atom. The lowest BCUT2D eigenvalue weighted by Gasteiger charge is -2.41. The van der Waals surface area contributed by atoms with E-state index in [1.807, 2.05) is 11.8 Å². The average molecular weight is 273 g/mol. The Balaban J connectivity index is 1.93. The highest BCUT2D eigenvalue weighted by Crippen LogP contribution is 2.41. The number of hydrogen-bond acceptors (Lipinski definition) is 4. The first-order valence-corrected chi connectivity index (χ1v) is 8.26. The fraction of sp³-hybridized carbons (Fsp3) is 1.00. The van der Waals surface area contributed by atoms with Gasteiger partial charge in [-0.25, -0.2) is 0 Å². The van der Waals surface area contributed by atoms with Crippen LogP contribution in [-0.4, -0.2) is 50.0 Å². The van der Waals surface area contributed by atoms with E-state index in [4.69, 9.17) is 9.47 Å². The molecule has 0 saturated carbocycles. The molecule has 0 aromatic heterocycles. The highest BCUT2D eigenvalue weighted by atomic mass is 32.2. The molecule has 106 valence electrons. The summed E-state index contributed by atoms with van der Waals surface area (Å²) in [5.41, 5.74) is 0.193. The summed E-state index contributed by atoms with van der Waals surface area (Å²) in [6, 6.07) is 0.561. The third-order valence-corrected chi connectivity index (χ3v) is 5.75. The minimum atomic E-state index is 0.193. The molecule has 4 atom stereocenters. The van der Waals surface area contributed by atoms with Crippen molar-refractivity contribution in [1.82, 2.24) is 5.32 Å². The van der Waals surface area contributed by atoms with Gasteiger partial charge < -0.3 is 14.8 Å². The molecule has 0 aliphatic carbocycles. The second-order valence-corrected chi connectivity index (χ2v) is 6.87. The van der Waals surface area contributed by atoms with Crippen molar-refractivity contribution < 1.29 is 9.47 Å². The van der Waals surface area contributed by atoms with Gasteiger partial charge >= 0.3 is 0 Å². The van der Waals surface area contributed by atoms with E-state index in [2.05, 4.69) is 19.3 Å². The van der Waals surface area contributed by atoms with Crippen molar-refractivity contribution in [2.75, 3.05) is 32.3 Å². The number of thioether (sulfide) groups is 1. The zero-order valence-corrected chi connectivity index (χ0v) is 12.7. The van der Waals surface area contributed by atoms with Crippen LogP contribution in [0, 0.1) is 5.92 Å². The molecule has 0 radical (unpaired) electrons. The number of ether oxygens (including phenoxy) is 2. The van der Waals surface area contributed by atoms with E-state index in [-0.39, 0.29) is 5.60 Å². The topological polar surface area (TPSA) is 30.5 Å². The SMILES string of the molecule is CNC(CC(C)OC)C1CCOC2(CCSC2)C1. The van der Waals surface area contributed by atoms with Crippen LogP contribution >= 0.6 is 11.8 Å². The summed E-state index contributed by atoms with van der Waals surface area (Å²) in [5, 5.41) is 3.50. The number of methoxy groups -OCH3 is 1. The van der Waals surface area contributed by atoms with Crippen LogP contribution < -0.4 is 5.32 Å². The summed E-state index contributed by atoms with van der Waals surface area (Å²) in [6.07, 6.45) is 5.08. The average Bonchev–Trinajstić information content (AvgIpc) is 2.83. The monoisotopic (exact) mass is 273 g/mol. The number of hydrogen-bond donors (Lipinski definition) is 1. The summed E-state index contributed by atoms with van der Waals surface area (Å²) >= 11 is 2.05. The maximum atomic E-state index is 6.10. The van der Waals surface area contributed by atoms with E-state index in [1.165, 1.54) is 30.8 Å². The van der Waals surface area contributed by atoms with Crippen molar-refractivity contribution in [2.45, 2.75) is 50.4 Å². The highest BCUT2D eigenvalue weighted by molar-refractivity contribution is 7.99. The quantitative estimate of drug-likeness (QED) is 0.832. The maximum Gasteiger partial charge on any atom is 0.0783 e. The second-order valence-electron chi connectivity index (χ2n) is 5.76. The molecular weight excluding hydrogens is 246 g/mol. The predicted octanol–water partition coefficient (Wildman–Crippen LogP) is 2.30. The Kier molecular flexibility index (Phi) is 5.36. The molecule has 1 spiro atoms. The molecule has 3 nitrogen and oxygen atoms in total. The van der Waals surface area contributed by atoms with Crippen LogP contribution in [0.3, 0.4) is 0 Å². The summed E-state index contributed by atoms with van der Waals surface area (Å²) in [6.45, 7) is 3.09. The maximum absolute atomic E-state index is 6.10. The molecule has 4 unspecified atom stereocenters. The predicted molar refractivity (Wildman–Crippen MR) is 77.3 cm³/mol. The molecule has 2 rings (SSSR count). The molecule has 0 aromatic carbocycles. The zero-order chi connectivity index (χ0) is 13.0. The van der Waals surface area contributed by atoms with Gasteiger partial charge in [0.1, 0.15) is 0 Å². The van der Waals surface area contributed by atoms with Crippen molar-refractivity contribution in [3.8, 4) is 0 Å². The van der Waals surface area contributed by atoms with Crippen molar-refractivity contribution in [3.05, 3.63) is 0 Å². The van der Waals surface area contributed by atoms with E-state index in [9.17, 15) is 0 Å². The fourth-order valence-electron chi connectivity index (χ4n) is 3.27. The minimum absolute atomic E-state index is 0.193. The van der Waals surface area contributed by atoms with Gasteiger partial charge in [-0.2, -0.15) is 11.8 Å². The highest BCUT2D eigenvalue weighted by Gasteiger charge is 2.42. The Hall–Kier alpha value is 0.230. The van der Waals surface area contributed by atoms with Crippen LogP contribution in [0.5, 0.6) is 0 Å². The van der Waals surface area contributed by atoms with Gasteiger partial charge in [0.05, 0.1) is 11.7 Å². The second kappa shape index (κ2) is 6.60. The molecule has 4 heteroatoms. The minimum Gasteiger partial charge on any atom is -0.382 e. The summed E-state index contributed by atoms with van der Waals surface area (Å²) in [4.78, 5) is 0. The van der Waals surface area contributed by atoms with Crippen molar-refractivity contribution >= 4 is 11.8 Å². The molecule has 1 N–H and O–H groups in total. The van der Waals surface area contributed by atoms with Gasteiger partial charge in [-0.3, -0.25) is 0 Å². The Morgan fingerprint density at radius 3 is 3.00 bits per heavy atom. The van der Waals surface area contributed by atoms with E-state index in [0.29, 0.717) is 12.1 Å². The molecule has 2 fully saturated rings. The van der Waals surface area contributed by atoms with Crippen molar-refractivity contribution in [3.63, 3.8) is 0 Å². The Bertz CT molecular complexity index is 256. The number of rotatable bonds is 5. The lowest BCUT2D eigenvalue weighted by atomic mass is 9.80. The lowest BCUT2D eigenvalue weighted by Crippen LogP contribution is -2.47. The Morgan fingerprint density at radius 1 is 1.56 bits per heavy atom. The molecule has 2 heterocycles. The van der Waals surface area contributed by atoms with E-state index in [0.717, 1.165) is 18.9 Å². The van der Waals surface area contributed by atoms with Gasteiger partial charge in [0.2, 0.25) is 0 Å². The fourth-order valence-corrected chi connectivity index (χ4v) is 4.65. The molecule has 0 aromatic rings. The summed E-state index contributed by atoms with van der Waals surface area (Å²) in [5.74, 6) is 3.20. The van der Waals surface area contributed by atoms with Crippen LogP contribution in [-0.2, 0) is 9.47 Å². The van der Waals surface area contributed by atoms with Crippen LogP contribution in [0.15, 0.2) is 0 Å². The largest absolute Gasteiger partial charge is 0.382 e. The van der Waals surface area contributed by atoms with Crippen LogP contribution in [0.1, 0.15) is 32.6 Å². The zero-order valence-electron chi connectivity index (χ0n) is 11.9. The van der Waals surface area contributed by atoms with Crippen LogP contribution in [0.4, 0.5) is 0 Å². The van der Waals surface area contributed by atoms with Gasteiger partial charge in [-0.1, -0.05) is 0 Å². The first kappa shape index (κ1) is 14.6.